The van der Waals surface area contributed by atoms with Crippen LogP contribution in [0.15, 0.2) is 71.3 Å². The van der Waals surface area contributed by atoms with Gasteiger partial charge in [-0.05, 0) is 36.4 Å². The van der Waals surface area contributed by atoms with Crippen LogP contribution in [0.1, 0.15) is 20.9 Å². The molecule has 0 atom stereocenters. The van der Waals surface area contributed by atoms with E-state index in [0.717, 1.165) is 0 Å². The summed E-state index contributed by atoms with van der Waals surface area (Å²) in [5.41, 5.74) is 1.14. The van der Waals surface area contributed by atoms with Crippen molar-refractivity contribution in [2.24, 2.45) is 0 Å². The second-order valence-corrected chi connectivity index (χ2v) is 4.98. The minimum atomic E-state index is -0.476. The van der Waals surface area contributed by atoms with Crippen molar-refractivity contribution in [2.75, 3.05) is 10.6 Å². The zero-order valence-corrected chi connectivity index (χ0v) is 12.5. The molecule has 3 N–H and O–H groups in total. The van der Waals surface area contributed by atoms with Crippen molar-refractivity contribution >= 4 is 23.2 Å². The van der Waals surface area contributed by atoms with Crippen molar-refractivity contribution in [3.8, 4) is 5.75 Å². The van der Waals surface area contributed by atoms with Crippen LogP contribution < -0.4 is 10.6 Å². The summed E-state index contributed by atoms with van der Waals surface area (Å²) in [6, 6.07) is 16.3. The standard InChI is InChI=1S/C18H14N2O4/c21-15-11-13(19-17(22)12-5-2-1-3-6-12)8-9-14(15)20-18(23)16-7-4-10-24-16/h1-11,21H,(H,19,22)(H,20,23). The fourth-order valence-corrected chi connectivity index (χ4v) is 2.10. The number of benzene rings is 2. The molecule has 0 bridgehead atoms. The number of phenols is 1. The summed E-state index contributed by atoms with van der Waals surface area (Å²) in [7, 11) is 0. The lowest BCUT2D eigenvalue weighted by Gasteiger charge is -2.09. The Morgan fingerprint density at radius 1 is 0.875 bits per heavy atom. The van der Waals surface area contributed by atoms with Gasteiger partial charge in [-0.1, -0.05) is 18.2 Å². The zero-order chi connectivity index (χ0) is 16.9. The molecule has 0 unspecified atom stereocenters. The van der Waals surface area contributed by atoms with Crippen LogP contribution in [-0.4, -0.2) is 16.9 Å². The van der Waals surface area contributed by atoms with Crippen molar-refractivity contribution in [3.63, 3.8) is 0 Å². The molecule has 0 spiro atoms. The molecule has 2 aromatic carbocycles. The quantitative estimate of drug-likeness (QED) is 0.641. The lowest BCUT2D eigenvalue weighted by Crippen LogP contribution is -2.13. The van der Waals surface area contributed by atoms with Gasteiger partial charge >= 0.3 is 0 Å². The average Bonchev–Trinajstić information content (AvgIpc) is 3.13. The molecule has 0 aliphatic carbocycles. The number of aromatic hydroxyl groups is 1. The van der Waals surface area contributed by atoms with Crippen LogP contribution in [0.3, 0.4) is 0 Å². The van der Waals surface area contributed by atoms with Crippen LogP contribution in [0.5, 0.6) is 5.75 Å². The third kappa shape index (κ3) is 3.44. The first-order valence-corrected chi connectivity index (χ1v) is 7.18. The molecule has 24 heavy (non-hydrogen) atoms. The molecule has 2 amide bonds. The van der Waals surface area contributed by atoms with Gasteiger partial charge in [0.05, 0.1) is 12.0 Å². The molecular weight excluding hydrogens is 308 g/mol. The maximum atomic E-state index is 12.1. The Kier molecular flexibility index (Phi) is 4.29. The van der Waals surface area contributed by atoms with Gasteiger partial charge in [0.1, 0.15) is 5.75 Å². The van der Waals surface area contributed by atoms with E-state index in [1.165, 1.54) is 24.5 Å². The fourth-order valence-electron chi connectivity index (χ4n) is 2.10. The number of nitrogens with one attached hydrogen (secondary N) is 2. The first-order valence-electron chi connectivity index (χ1n) is 7.18. The van der Waals surface area contributed by atoms with Gasteiger partial charge in [0.15, 0.2) is 5.76 Å². The monoisotopic (exact) mass is 322 g/mol. The topological polar surface area (TPSA) is 91.6 Å². The summed E-state index contributed by atoms with van der Waals surface area (Å²) in [5, 5.41) is 15.2. The molecule has 6 nitrogen and oxygen atoms in total. The van der Waals surface area contributed by atoms with Gasteiger partial charge in [-0.15, -0.1) is 0 Å². The minimum Gasteiger partial charge on any atom is -0.506 e. The van der Waals surface area contributed by atoms with Crippen molar-refractivity contribution in [1.29, 1.82) is 0 Å². The van der Waals surface area contributed by atoms with Gasteiger partial charge < -0.3 is 20.2 Å². The number of furan rings is 1. The number of anilines is 2. The van der Waals surface area contributed by atoms with E-state index in [1.807, 2.05) is 6.07 Å². The van der Waals surface area contributed by atoms with Crippen LogP contribution >= 0.6 is 0 Å². The first kappa shape index (κ1) is 15.4. The molecule has 0 fully saturated rings. The predicted octanol–water partition coefficient (Wildman–Crippen LogP) is 3.49. The van der Waals surface area contributed by atoms with Gasteiger partial charge in [-0.2, -0.15) is 0 Å². The number of carbonyl (C=O) groups is 2. The predicted molar refractivity (Wildman–Crippen MR) is 89.2 cm³/mol. The van der Waals surface area contributed by atoms with E-state index in [4.69, 9.17) is 4.42 Å². The molecule has 120 valence electrons. The maximum Gasteiger partial charge on any atom is 0.291 e. The van der Waals surface area contributed by atoms with Gasteiger partial charge in [0.25, 0.3) is 11.8 Å². The van der Waals surface area contributed by atoms with E-state index in [-0.39, 0.29) is 23.1 Å². The molecule has 0 saturated carbocycles. The Hall–Kier alpha value is -3.54. The Labute approximate surface area is 137 Å². The SMILES string of the molecule is O=C(Nc1ccc(NC(=O)c2ccco2)c(O)c1)c1ccccc1. The smallest absolute Gasteiger partial charge is 0.291 e. The van der Waals surface area contributed by atoms with Crippen molar-refractivity contribution in [2.45, 2.75) is 0 Å². The molecule has 3 rings (SSSR count). The Morgan fingerprint density at radius 2 is 1.67 bits per heavy atom. The largest absolute Gasteiger partial charge is 0.506 e. The molecular formula is C18H14N2O4. The number of amides is 2. The van der Waals surface area contributed by atoms with E-state index in [1.54, 1.807) is 36.4 Å². The second-order valence-electron chi connectivity index (χ2n) is 4.98. The lowest BCUT2D eigenvalue weighted by atomic mass is 10.2. The van der Waals surface area contributed by atoms with Gasteiger partial charge in [0, 0.05) is 17.3 Å². The zero-order valence-electron chi connectivity index (χ0n) is 12.5. The molecule has 1 aromatic heterocycles. The highest BCUT2D eigenvalue weighted by Gasteiger charge is 2.12. The molecule has 6 heteroatoms. The minimum absolute atomic E-state index is 0.135. The second kappa shape index (κ2) is 6.70. The Bertz CT molecular complexity index is 858. The number of hydrogen-bond acceptors (Lipinski definition) is 4. The molecule has 0 aliphatic heterocycles. The van der Waals surface area contributed by atoms with Crippen LogP contribution in [0.25, 0.3) is 0 Å². The average molecular weight is 322 g/mol. The molecule has 0 aliphatic rings. The number of rotatable bonds is 4. The summed E-state index contributed by atoms with van der Waals surface area (Å²) in [4.78, 5) is 24.0. The normalized spacial score (nSPS) is 10.2. The summed E-state index contributed by atoms with van der Waals surface area (Å²) < 4.78 is 4.98. The van der Waals surface area contributed by atoms with Gasteiger partial charge in [-0.25, -0.2) is 0 Å². The summed E-state index contributed by atoms with van der Waals surface area (Å²) in [6.45, 7) is 0. The third-order valence-electron chi connectivity index (χ3n) is 3.28. The highest BCUT2D eigenvalue weighted by Crippen LogP contribution is 2.27. The summed E-state index contributed by atoms with van der Waals surface area (Å²) in [6.07, 6.45) is 1.39. The maximum absolute atomic E-state index is 12.1. The van der Waals surface area contributed by atoms with E-state index in [9.17, 15) is 14.7 Å². The van der Waals surface area contributed by atoms with Crippen LogP contribution in [-0.2, 0) is 0 Å². The van der Waals surface area contributed by atoms with Gasteiger partial charge in [-0.3, -0.25) is 9.59 Å². The molecule has 0 radical (unpaired) electrons. The lowest BCUT2D eigenvalue weighted by molar-refractivity contribution is 0.0994. The highest BCUT2D eigenvalue weighted by molar-refractivity contribution is 6.05. The Balaban J connectivity index is 1.71. The van der Waals surface area contributed by atoms with Crippen molar-refractivity contribution < 1.29 is 19.1 Å². The number of phenolic OH excluding ortho intramolecular Hbond substituents is 1. The summed E-state index contributed by atoms with van der Waals surface area (Å²) in [5.74, 6) is -0.796. The van der Waals surface area contributed by atoms with E-state index >= 15 is 0 Å². The van der Waals surface area contributed by atoms with Gasteiger partial charge in [0.2, 0.25) is 0 Å². The van der Waals surface area contributed by atoms with Crippen LogP contribution in [0.4, 0.5) is 11.4 Å². The number of hydrogen-bond donors (Lipinski definition) is 3. The van der Waals surface area contributed by atoms with E-state index in [0.29, 0.717) is 11.3 Å². The Morgan fingerprint density at radius 3 is 2.33 bits per heavy atom. The molecule has 3 aromatic rings. The molecule has 0 saturated heterocycles. The fraction of sp³-hybridized carbons (Fsp3) is 0. The van der Waals surface area contributed by atoms with Crippen LogP contribution in [0.2, 0.25) is 0 Å². The summed E-state index contributed by atoms with van der Waals surface area (Å²) >= 11 is 0. The molecule has 1 heterocycles. The van der Waals surface area contributed by atoms with Crippen molar-refractivity contribution in [3.05, 3.63) is 78.3 Å². The van der Waals surface area contributed by atoms with E-state index < -0.39 is 5.91 Å². The third-order valence-corrected chi connectivity index (χ3v) is 3.28. The number of carbonyl (C=O) groups excluding carboxylic acids is 2. The van der Waals surface area contributed by atoms with E-state index in [2.05, 4.69) is 10.6 Å². The highest BCUT2D eigenvalue weighted by atomic mass is 16.3. The van der Waals surface area contributed by atoms with Crippen LogP contribution in [0, 0.1) is 0 Å². The first-order chi connectivity index (χ1) is 11.6. The van der Waals surface area contributed by atoms with Crippen molar-refractivity contribution in [1.82, 2.24) is 0 Å².